The molecule has 22 heavy (non-hydrogen) atoms. The largest absolute Gasteiger partial charge is 0.493 e. The van der Waals surface area contributed by atoms with E-state index in [-0.39, 0.29) is 11.1 Å². The molecule has 0 saturated carbocycles. The lowest BCUT2D eigenvalue weighted by Gasteiger charge is -2.10. The Balaban J connectivity index is 2.56. The highest BCUT2D eigenvalue weighted by Crippen LogP contribution is 2.35. The van der Waals surface area contributed by atoms with Gasteiger partial charge in [0.1, 0.15) is 5.82 Å². The first-order valence-corrected chi connectivity index (χ1v) is 7.18. The van der Waals surface area contributed by atoms with Crippen LogP contribution in [-0.4, -0.2) is 14.2 Å². The number of halogens is 2. The summed E-state index contributed by atoms with van der Waals surface area (Å²) in [4.78, 5) is 0. The number of rotatable bonds is 4. The van der Waals surface area contributed by atoms with Crippen LogP contribution in [0.1, 0.15) is 11.1 Å². The maximum Gasteiger partial charge on any atom is 0.161 e. The molecule has 0 heterocycles. The number of allylic oxidation sites excluding steroid dienone is 1. The van der Waals surface area contributed by atoms with Crippen LogP contribution in [0.2, 0.25) is 0 Å². The van der Waals surface area contributed by atoms with E-state index in [1.54, 1.807) is 43.5 Å². The van der Waals surface area contributed by atoms with Crippen molar-refractivity contribution in [2.24, 2.45) is 0 Å². The molecule has 0 unspecified atom stereocenters. The zero-order valence-corrected chi connectivity index (χ0v) is 13.6. The smallest absolute Gasteiger partial charge is 0.161 e. The minimum atomic E-state index is -0.438. The van der Waals surface area contributed by atoms with Crippen molar-refractivity contribution < 1.29 is 13.9 Å². The Kier molecular flexibility index (Phi) is 5.18. The van der Waals surface area contributed by atoms with Gasteiger partial charge in [0.2, 0.25) is 0 Å². The monoisotopic (exact) mass is 361 g/mol. The van der Waals surface area contributed by atoms with Gasteiger partial charge in [0.25, 0.3) is 0 Å². The van der Waals surface area contributed by atoms with Gasteiger partial charge in [-0.05, 0) is 29.8 Å². The summed E-state index contributed by atoms with van der Waals surface area (Å²) in [7, 11) is 3.07. The van der Waals surface area contributed by atoms with E-state index in [2.05, 4.69) is 15.9 Å². The third kappa shape index (κ3) is 3.29. The summed E-state index contributed by atoms with van der Waals surface area (Å²) in [6, 6.07) is 11.7. The average Bonchev–Trinajstić information content (AvgIpc) is 2.54. The zero-order chi connectivity index (χ0) is 16.1. The number of nitriles is 1. The summed E-state index contributed by atoms with van der Waals surface area (Å²) in [5, 5.41) is 9.33. The van der Waals surface area contributed by atoms with E-state index in [0.29, 0.717) is 21.5 Å². The maximum absolute atomic E-state index is 13.8. The first kappa shape index (κ1) is 16.1. The normalized spacial score (nSPS) is 11.0. The highest BCUT2D eigenvalue weighted by Gasteiger charge is 2.11. The molecule has 2 aromatic carbocycles. The summed E-state index contributed by atoms with van der Waals surface area (Å²) >= 11 is 3.42. The topological polar surface area (TPSA) is 42.2 Å². The molecule has 112 valence electrons. The highest BCUT2D eigenvalue weighted by atomic mass is 79.9. The van der Waals surface area contributed by atoms with E-state index in [1.807, 2.05) is 6.07 Å². The number of benzene rings is 2. The zero-order valence-electron chi connectivity index (χ0n) is 12.1. The molecule has 0 bridgehead atoms. The molecule has 0 atom stereocenters. The molecule has 0 aliphatic rings. The fraction of sp³-hybridized carbons (Fsp3) is 0.118. The predicted molar refractivity (Wildman–Crippen MR) is 87.1 cm³/mol. The number of hydrogen-bond acceptors (Lipinski definition) is 3. The summed E-state index contributed by atoms with van der Waals surface area (Å²) < 4.78 is 25.0. The molecule has 0 aliphatic heterocycles. The van der Waals surface area contributed by atoms with Crippen LogP contribution in [-0.2, 0) is 0 Å². The van der Waals surface area contributed by atoms with Gasteiger partial charge in [-0.1, -0.05) is 34.1 Å². The summed E-state index contributed by atoms with van der Waals surface area (Å²) in [5.74, 6) is 0.658. The molecule has 0 aromatic heterocycles. The van der Waals surface area contributed by atoms with Gasteiger partial charge in [-0.2, -0.15) is 5.26 Å². The second kappa shape index (κ2) is 7.10. The average molecular weight is 362 g/mol. The van der Waals surface area contributed by atoms with Crippen molar-refractivity contribution >= 4 is 27.6 Å². The van der Waals surface area contributed by atoms with Gasteiger partial charge >= 0.3 is 0 Å². The van der Waals surface area contributed by atoms with Crippen molar-refractivity contribution in [2.75, 3.05) is 14.2 Å². The predicted octanol–water partition coefficient (Wildman–Crippen LogP) is 4.67. The van der Waals surface area contributed by atoms with E-state index in [1.165, 1.54) is 13.2 Å². The minimum absolute atomic E-state index is 0.228. The summed E-state index contributed by atoms with van der Waals surface area (Å²) in [6.07, 6.45) is 1.60. The van der Waals surface area contributed by atoms with Crippen LogP contribution in [0, 0.1) is 17.1 Å². The Hall–Kier alpha value is -2.32. The molecule has 0 amide bonds. The standard InChI is InChI=1S/C17H13BrFNO2/c1-21-16-8-11(14(18)9-17(16)22-2)7-12(10-20)13-5-3-4-6-15(13)19/h3-9H,1-2H3. The van der Waals surface area contributed by atoms with E-state index < -0.39 is 5.82 Å². The molecular formula is C17H13BrFNO2. The van der Waals surface area contributed by atoms with E-state index in [9.17, 15) is 9.65 Å². The van der Waals surface area contributed by atoms with Gasteiger partial charge in [0.05, 0.1) is 25.9 Å². The molecule has 2 rings (SSSR count). The Morgan fingerprint density at radius 3 is 2.41 bits per heavy atom. The first-order chi connectivity index (χ1) is 10.6. The Morgan fingerprint density at radius 2 is 1.82 bits per heavy atom. The molecule has 0 aliphatic carbocycles. The van der Waals surface area contributed by atoms with Gasteiger partial charge < -0.3 is 9.47 Å². The number of ether oxygens (including phenoxy) is 2. The summed E-state index contributed by atoms with van der Waals surface area (Å²) in [5.41, 5.74) is 1.18. The second-order valence-electron chi connectivity index (χ2n) is 4.38. The van der Waals surface area contributed by atoms with E-state index in [0.717, 1.165) is 0 Å². The Morgan fingerprint density at radius 1 is 1.18 bits per heavy atom. The third-order valence-electron chi connectivity index (χ3n) is 3.09. The van der Waals surface area contributed by atoms with Crippen molar-refractivity contribution in [3.8, 4) is 17.6 Å². The minimum Gasteiger partial charge on any atom is -0.493 e. The van der Waals surface area contributed by atoms with Gasteiger partial charge in [-0.3, -0.25) is 0 Å². The lowest BCUT2D eigenvalue weighted by molar-refractivity contribution is 0.354. The van der Waals surface area contributed by atoms with Gasteiger partial charge in [-0.15, -0.1) is 0 Å². The molecule has 5 heteroatoms. The molecule has 0 saturated heterocycles. The lowest BCUT2D eigenvalue weighted by Crippen LogP contribution is -1.93. The molecule has 2 aromatic rings. The molecule has 0 fully saturated rings. The summed E-state index contributed by atoms with van der Waals surface area (Å²) in [6.45, 7) is 0. The highest BCUT2D eigenvalue weighted by molar-refractivity contribution is 9.10. The van der Waals surface area contributed by atoms with Crippen LogP contribution in [0.4, 0.5) is 4.39 Å². The van der Waals surface area contributed by atoms with Crippen LogP contribution in [0.3, 0.4) is 0 Å². The van der Waals surface area contributed by atoms with Crippen molar-refractivity contribution in [3.63, 3.8) is 0 Å². The second-order valence-corrected chi connectivity index (χ2v) is 5.23. The lowest BCUT2D eigenvalue weighted by atomic mass is 10.0. The Bertz CT molecular complexity index is 766. The number of nitrogens with zero attached hydrogens (tertiary/aromatic N) is 1. The van der Waals surface area contributed by atoms with Crippen molar-refractivity contribution in [2.45, 2.75) is 0 Å². The fourth-order valence-corrected chi connectivity index (χ4v) is 2.42. The van der Waals surface area contributed by atoms with Crippen LogP contribution >= 0.6 is 15.9 Å². The molecule has 0 spiro atoms. The van der Waals surface area contributed by atoms with Crippen LogP contribution in [0.25, 0.3) is 11.6 Å². The molecule has 3 nitrogen and oxygen atoms in total. The number of methoxy groups -OCH3 is 2. The van der Waals surface area contributed by atoms with Crippen LogP contribution in [0.5, 0.6) is 11.5 Å². The van der Waals surface area contributed by atoms with Gasteiger partial charge in [0, 0.05) is 10.0 Å². The van der Waals surface area contributed by atoms with Gasteiger partial charge in [-0.25, -0.2) is 4.39 Å². The first-order valence-electron chi connectivity index (χ1n) is 6.39. The molecule has 0 radical (unpaired) electrons. The number of hydrogen-bond donors (Lipinski definition) is 0. The molecular weight excluding hydrogens is 349 g/mol. The van der Waals surface area contributed by atoms with Crippen LogP contribution < -0.4 is 9.47 Å². The van der Waals surface area contributed by atoms with Gasteiger partial charge in [0.15, 0.2) is 11.5 Å². The van der Waals surface area contributed by atoms with E-state index >= 15 is 0 Å². The molecule has 0 N–H and O–H groups in total. The van der Waals surface area contributed by atoms with E-state index in [4.69, 9.17) is 9.47 Å². The maximum atomic E-state index is 13.8. The van der Waals surface area contributed by atoms with Crippen molar-refractivity contribution in [3.05, 3.63) is 57.8 Å². The van der Waals surface area contributed by atoms with Crippen molar-refractivity contribution in [1.29, 1.82) is 5.26 Å². The fourth-order valence-electron chi connectivity index (χ4n) is 1.99. The van der Waals surface area contributed by atoms with Crippen LogP contribution in [0.15, 0.2) is 40.9 Å². The SMILES string of the molecule is COc1cc(Br)c(C=C(C#N)c2ccccc2F)cc1OC. The third-order valence-corrected chi connectivity index (χ3v) is 3.77. The quantitative estimate of drug-likeness (QED) is 0.586. The van der Waals surface area contributed by atoms with Crippen molar-refractivity contribution in [1.82, 2.24) is 0 Å². The Labute approximate surface area is 136 Å².